The number of nitrogens with zero attached hydrogens (tertiary/aromatic N) is 4. The average Bonchev–Trinajstić information content (AvgIpc) is 3.05. The Kier molecular flexibility index (Phi) is 11.0. The molecular weight excluding hydrogens is 465 g/mol. The van der Waals surface area contributed by atoms with Crippen LogP contribution in [0.25, 0.3) is 0 Å². The van der Waals surface area contributed by atoms with Gasteiger partial charge in [0.2, 0.25) is 0 Å². The summed E-state index contributed by atoms with van der Waals surface area (Å²) in [7, 11) is 10.1. The zero-order valence-electron chi connectivity index (χ0n) is 17.7. The van der Waals surface area contributed by atoms with Gasteiger partial charge in [0.1, 0.15) is 5.75 Å². The Morgan fingerprint density at radius 2 is 1.86 bits per heavy atom. The average molecular weight is 499 g/mol. The minimum atomic E-state index is 0. The third kappa shape index (κ3) is 8.10. The maximum Gasteiger partial charge on any atom is 0.194 e. The van der Waals surface area contributed by atoms with E-state index in [1.54, 1.807) is 0 Å². The second kappa shape index (κ2) is 12.7. The first kappa shape index (κ1) is 24.3. The maximum absolute atomic E-state index is 5.78. The Hall–Kier alpha value is -1.74. The number of guanidine groups is 1. The van der Waals surface area contributed by atoms with Gasteiger partial charge in [0.15, 0.2) is 5.96 Å². The van der Waals surface area contributed by atoms with Crippen LogP contribution in [-0.2, 0) is 20.1 Å². The largest absolute Gasteiger partial charge is 0.494 e. The zero-order chi connectivity index (χ0) is 19.6. The topological polar surface area (TPSA) is 45.0 Å². The summed E-state index contributed by atoms with van der Waals surface area (Å²) in [5.74, 6) is 1.79. The van der Waals surface area contributed by atoms with Crippen LogP contribution < -0.4 is 10.1 Å². The van der Waals surface area contributed by atoms with Crippen LogP contribution in [0.3, 0.4) is 0 Å². The third-order valence-corrected chi connectivity index (χ3v) is 4.42. The van der Waals surface area contributed by atoms with Gasteiger partial charge in [-0.3, -0.25) is 4.99 Å². The summed E-state index contributed by atoms with van der Waals surface area (Å²) in [6.07, 6.45) is 3.09. The van der Waals surface area contributed by atoms with Crippen molar-refractivity contribution in [3.63, 3.8) is 0 Å². The van der Waals surface area contributed by atoms with Gasteiger partial charge in [0.05, 0.1) is 13.2 Å². The monoisotopic (exact) mass is 499 g/mol. The van der Waals surface area contributed by atoms with E-state index in [2.05, 4.69) is 76.3 Å². The van der Waals surface area contributed by atoms with Crippen LogP contribution in [0.4, 0.5) is 0 Å². The smallest absolute Gasteiger partial charge is 0.194 e. The normalized spacial score (nSPS) is 11.3. The fourth-order valence-corrected chi connectivity index (χ4v) is 2.82. The zero-order valence-corrected chi connectivity index (χ0v) is 20.0. The molecule has 0 spiro atoms. The Morgan fingerprint density at radius 1 is 1.14 bits per heavy atom. The number of benzene rings is 1. The van der Waals surface area contributed by atoms with Crippen LogP contribution in [0, 0.1) is 0 Å². The highest BCUT2D eigenvalue weighted by atomic mass is 127. The number of nitrogens with one attached hydrogen (secondary N) is 1. The van der Waals surface area contributed by atoms with Gasteiger partial charge in [-0.1, -0.05) is 12.1 Å². The van der Waals surface area contributed by atoms with Crippen LogP contribution in [0.5, 0.6) is 5.75 Å². The molecule has 1 heterocycles. The van der Waals surface area contributed by atoms with Crippen molar-refractivity contribution in [2.75, 3.05) is 41.3 Å². The van der Waals surface area contributed by atoms with Crippen molar-refractivity contribution in [3.8, 4) is 5.75 Å². The van der Waals surface area contributed by atoms with Gasteiger partial charge >= 0.3 is 0 Å². The third-order valence-electron chi connectivity index (χ3n) is 4.42. The SMILES string of the molecule is CN=C(NCc1ccc(OCCCN(C)C)cc1)N(C)Cc1cccn1C.I. The molecule has 0 unspecified atom stereocenters. The summed E-state index contributed by atoms with van der Waals surface area (Å²) in [4.78, 5) is 8.68. The summed E-state index contributed by atoms with van der Waals surface area (Å²) in [6, 6.07) is 12.4. The van der Waals surface area contributed by atoms with E-state index < -0.39 is 0 Å². The molecule has 0 radical (unpaired) electrons. The van der Waals surface area contributed by atoms with Crippen LogP contribution in [-0.4, -0.2) is 61.7 Å². The van der Waals surface area contributed by atoms with Crippen LogP contribution in [0.15, 0.2) is 47.6 Å². The van der Waals surface area contributed by atoms with E-state index in [0.29, 0.717) is 0 Å². The Labute approximate surface area is 186 Å². The lowest BCUT2D eigenvalue weighted by Crippen LogP contribution is -2.38. The Bertz CT molecular complexity index is 712. The van der Waals surface area contributed by atoms with E-state index in [1.165, 1.54) is 11.3 Å². The number of halogens is 1. The van der Waals surface area contributed by atoms with Crippen molar-refractivity contribution in [2.45, 2.75) is 19.5 Å². The molecule has 0 saturated carbocycles. The van der Waals surface area contributed by atoms with E-state index >= 15 is 0 Å². The molecule has 1 N–H and O–H groups in total. The fourth-order valence-electron chi connectivity index (χ4n) is 2.82. The summed E-state index contributed by atoms with van der Waals surface area (Å²) in [5, 5.41) is 3.42. The van der Waals surface area contributed by atoms with Crippen molar-refractivity contribution in [2.24, 2.45) is 12.0 Å². The summed E-state index contributed by atoms with van der Waals surface area (Å²) < 4.78 is 7.91. The number of hydrogen-bond acceptors (Lipinski definition) is 3. The quantitative estimate of drug-likeness (QED) is 0.249. The standard InChI is InChI=1S/C21H33N5O.HI/c1-22-21(26(5)17-19-8-6-14-25(19)4)23-16-18-9-11-20(12-10-18)27-15-7-13-24(2)3;/h6,8-12,14H,7,13,15-17H2,1-5H3,(H,22,23);1H. The lowest BCUT2D eigenvalue weighted by atomic mass is 10.2. The van der Waals surface area contributed by atoms with Crippen LogP contribution in [0.2, 0.25) is 0 Å². The van der Waals surface area contributed by atoms with Crippen LogP contribution in [0.1, 0.15) is 17.7 Å². The second-order valence-corrected chi connectivity index (χ2v) is 7.02. The number of ether oxygens (including phenoxy) is 1. The van der Waals surface area contributed by atoms with Gasteiger partial charge in [0, 0.05) is 46.1 Å². The molecule has 0 fully saturated rings. The second-order valence-electron chi connectivity index (χ2n) is 7.02. The summed E-state index contributed by atoms with van der Waals surface area (Å²) in [6.45, 7) is 3.32. The molecule has 0 atom stereocenters. The van der Waals surface area contributed by atoms with Gasteiger partial charge in [-0.05, 0) is 50.3 Å². The summed E-state index contributed by atoms with van der Waals surface area (Å²) in [5.41, 5.74) is 2.44. The van der Waals surface area contributed by atoms with E-state index in [9.17, 15) is 0 Å². The van der Waals surface area contributed by atoms with Gasteiger partial charge in [-0.15, -0.1) is 24.0 Å². The molecule has 0 aliphatic heterocycles. The van der Waals surface area contributed by atoms with Crippen molar-refractivity contribution in [3.05, 3.63) is 53.9 Å². The van der Waals surface area contributed by atoms with E-state index in [-0.39, 0.29) is 24.0 Å². The van der Waals surface area contributed by atoms with Crippen molar-refractivity contribution >= 4 is 29.9 Å². The molecule has 6 nitrogen and oxygen atoms in total. The maximum atomic E-state index is 5.78. The van der Waals surface area contributed by atoms with E-state index in [1.807, 2.05) is 26.2 Å². The number of rotatable bonds is 9. The van der Waals surface area contributed by atoms with Crippen molar-refractivity contribution < 1.29 is 4.74 Å². The number of aromatic nitrogens is 1. The first-order chi connectivity index (χ1) is 13.0. The Morgan fingerprint density at radius 3 is 2.43 bits per heavy atom. The minimum absolute atomic E-state index is 0. The highest BCUT2D eigenvalue weighted by Gasteiger charge is 2.08. The predicted octanol–water partition coefficient (Wildman–Crippen LogP) is 3.18. The number of hydrogen-bond donors (Lipinski definition) is 1. The molecule has 0 aliphatic rings. The molecule has 2 aromatic rings. The van der Waals surface area contributed by atoms with E-state index in [4.69, 9.17) is 4.74 Å². The van der Waals surface area contributed by atoms with Gasteiger partial charge < -0.3 is 24.4 Å². The fraction of sp³-hybridized carbons (Fsp3) is 0.476. The van der Waals surface area contributed by atoms with Crippen molar-refractivity contribution in [1.29, 1.82) is 0 Å². The molecule has 156 valence electrons. The lowest BCUT2D eigenvalue weighted by Gasteiger charge is -2.22. The predicted molar refractivity (Wildman–Crippen MR) is 128 cm³/mol. The van der Waals surface area contributed by atoms with E-state index in [0.717, 1.165) is 44.4 Å². The van der Waals surface area contributed by atoms with Gasteiger partial charge in [-0.2, -0.15) is 0 Å². The molecular formula is C21H34IN5O. The lowest BCUT2D eigenvalue weighted by molar-refractivity contribution is 0.281. The molecule has 7 heteroatoms. The first-order valence-corrected chi connectivity index (χ1v) is 9.38. The summed E-state index contributed by atoms with van der Waals surface area (Å²) >= 11 is 0. The molecule has 2 rings (SSSR count). The number of aliphatic imine (C=N–C) groups is 1. The van der Waals surface area contributed by atoms with Gasteiger partial charge in [-0.25, -0.2) is 0 Å². The highest BCUT2D eigenvalue weighted by molar-refractivity contribution is 14.0. The molecule has 0 amide bonds. The number of aryl methyl sites for hydroxylation is 1. The van der Waals surface area contributed by atoms with Crippen LogP contribution >= 0.6 is 24.0 Å². The minimum Gasteiger partial charge on any atom is -0.494 e. The molecule has 0 bridgehead atoms. The Balaban J connectivity index is 0.00000392. The van der Waals surface area contributed by atoms with Gasteiger partial charge in [0.25, 0.3) is 0 Å². The van der Waals surface area contributed by atoms with Crippen molar-refractivity contribution in [1.82, 2.24) is 19.7 Å². The highest BCUT2D eigenvalue weighted by Crippen LogP contribution is 2.12. The molecule has 1 aromatic heterocycles. The molecule has 0 aliphatic carbocycles. The molecule has 0 saturated heterocycles. The first-order valence-electron chi connectivity index (χ1n) is 9.38. The molecule has 1 aromatic carbocycles. The molecule has 28 heavy (non-hydrogen) atoms.